The van der Waals surface area contributed by atoms with Crippen molar-refractivity contribution in [2.24, 2.45) is 0 Å². The number of halogens is 3. The maximum absolute atomic E-state index is 12.9. The Hall–Kier alpha value is -3.62. The van der Waals surface area contributed by atoms with Gasteiger partial charge in [-0.25, -0.2) is 4.98 Å². The van der Waals surface area contributed by atoms with Crippen LogP contribution in [0.15, 0.2) is 59.4 Å². The predicted octanol–water partition coefficient (Wildman–Crippen LogP) is 3.95. The van der Waals surface area contributed by atoms with Gasteiger partial charge in [0.1, 0.15) is 5.82 Å². The number of rotatable bonds is 5. The van der Waals surface area contributed by atoms with Crippen molar-refractivity contribution in [1.82, 2.24) is 19.6 Å². The number of fused-ring (bicyclic) bond motifs is 1. The Morgan fingerprint density at radius 2 is 1.83 bits per heavy atom. The zero-order chi connectivity index (χ0) is 21.3. The number of benzene rings is 2. The maximum Gasteiger partial charge on any atom is 0.416 e. The summed E-state index contributed by atoms with van der Waals surface area (Å²) in [7, 11) is 0. The van der Waals surface area contributed by atoms with Crippen LogP contribution in [0.5, 0.6) is 0 Å². The lowest BCUT2D eigenvalue weighted by molar-refractivity contribution is -0.137. The summed E-state index contributed by atoms with van der Waals surface area (Å²) in [5.74, 6) is 0.600. The molecule has 0 radical (unpaired) electrons. The quantitative estimate of drug-likeness (QED) is 0.520. The number of anilines is 1. The number of aromatic amines is 1. The van der Waals surface area contributed by atoms with Gasteiger partial charge in [-0.05, 0) is 30.7 Å². The molecular formula is C21H18F3N5O. The van der Waals surface area contributed by atoms with Crippen LogP contribution in [0.2, 0.25) is 0 Å². The number of nitrogens with one attached hydrogen (secondary N) is 2. The zero-order valence-corrected chi connectivity index (χ0v) is 16.0. The van der Waals surface area contributed by atoms with Crippen molar-refractivity contribution in [3.05, 3.63) is 93.2 Å². The van der Waals surface area contributed by atoms with Gasteiger partial charge >= 0.3 is 6.18 Å². The fourth-order valence-electron chi connectivity index (χ4n) is 3.17. The Morgan fingerprint density at radius 1 is 1.07 bits per heavy atom. The van der Waals surface area contributed by atoms with E-state index in [4.69, 9.17) is 0 Å². The summed E-state index contributed by atoms with van der Waals surface area (Å²) >= 11 is 0. The topological polar surface area (TPSA) is 75.1 Å². The SMILES string of the molecule is Cc1nc2nc(CNc3cccc(C(F)(F)F)c3)[nH]n2c(=O)c1Cc1ccccc1. The smallest absolute Gasteiger partial charge is 0.378 e. The molecule has 0 aliphatic heterocycles. The zero-order valence-electron chi connectivity index (χ0n) is 16.0. The van der Waals surface area contributed by atoms with Crippen LogP contribution in [0, 0.1) is 6.92 Å². The highest BCUT2D eigenvalue weighted by atomic mass is 19.4. The summed E-state index contributed by atoms with van der Waals surface area (Å²) in [6, 6.07) is 14.5. The molecule has 4 rings (SSSR count). The molecule has 0 aliphatic carbocycles. The van der Waals surface area contributed by atoms with Gasteiger partial charge in [-0.1, -0.05) is 36.4 Å². The largest absolute Gasteiger partial charge is 0.416 e. The van der Waals surface area contributed by atoms with Crippen molar-refractivity contribution in [3.63, 3.8) is 0 Å². The van der Waals surface area contributed by atoms with Crippen molar-refractivity contribution < 1.29 is 13.2 Å². The summed E-state index contributed by atoms with van der Waals surface area (Å²) in [6.07, 6.45) is -3.97. The average Bonchev–Trinajstić information content (AvgIpc) is 3.13. The third-order valence-electron chi connectivity index (χ3n) is 4.72. The van der Waals surface area contributed by atoms with Crippen LogP contribution in [0.4, 0.5) is 18.9 Å². The molecule has 0 amide bonds. The lowest BCUT2D eigenvalue weighted by Crippen LogP contribution is -2.22. The first-order valence-corrected chi connectivity index (χ1v) is 9.23. The minimum atomic E-state index is -4.42. The molecule has 0 atom stereocenters. The van der Waals surface area contributed by atoms with Crippen LogP contribution in [0.3, 0.4) is 0 Å². The number of hydrogen-bond acceptors (Lipinski definition) is 4. The van der Waals surface area contributed by atoms with Crippen molar-refractivity contribution in [3.8, 4) is 0 Å². The third-order valence-corrected chi connectivity index (χ3v) is 4.72. The van der Waals surface area contributed by atoms with Crippen LogP contribution >= 0.6 is 0 Å². The van der Waals surface area contributed by atoms with Crippen LogP contribution < -0.4 is 10.9 Å². The van der Waals surface area contributed by atoms with Crippen molar-refractivity contribution >= 4 is 11.5 Å². The van der Waals surface area contributed by atoms with E-state index in [0.29, 0.717) is 29.2 Å². The van der Waals surface area contributed by atoms with E-state index in [9.17, 15) is 18.0 Å². The molecule has 0 saturated carbocycles. The number of aryl methyl sites for hydroxylation is 1. The summed E-state index contributed by atoms with van der Waals surface area (Å²) < 4.78 is 39.8. The van der Waals surface area contributed by atoms with E-state index in [2.05, 4.69) is 20.4 Å². The fourth-order valence-corrected chi connectivity index (χ4v) is 3.17. The molecule has 0 spiro atoms. The Kier molecular flexibility index (Phi) is 5.03. The molecular weight excluding hydrogens is 395 g/mol. The molecule has 30 heavy (non-hydrogen) atoms. The molecule has 0 aliphatic rings. The van der Waals surface area contributed by atoms with Crippen molar-refractivity contribution in [2.75, 3.05) is 5.32 Å². The van der Waals surface area contributed by atoms with Gasteiger partial charge in [0, 0.05) is 17.7 Å². The highest BCUT2D eigenvalue weighted by molar-refractivity contribution is 5.46. The molecule has 0 saturated heterocycles. The molecule has 4 aromatic rings. The van der Waals surface area contributed by atoms with Crippen LogP contribution in [0.25, 0.3) is 5.78 Å². The second-order valence-electron chi connectivity index (χ2n) is 6.88. The van der Waals surface area contributed by atoms with E-state index in [-0.39, 0.29) is 17.9 Å². The number of alkyl halides is 3. The second-order valence-corrected chi connectivity index (χ2v) is 6.88. The predicted molar refractivity (Wildman–Crippen MR) is 106 cm³/mol. The van der Waals surface area contributed by atoms with E-state index in [1.807, 2.05) is 30.3 Å². The van der Waals surface area contributed by atoms with E-state index in [1.54, 1.807) is 6.92 Å². The number of nitrogens with zero attached hydrogens (tertiary/aromatic N) is 3. The lowest BCUT2D eigenvalue weighted by atomic mass is 10.1. The first-order chi connectivity index (χ1) is 14.3. The Bertz CT molecular complexity index is 1250. The molecule has 0 bridgehead atoms. The monoisotopic (exact) mass is 413 g/mol. The molecule has 154 valence electrons. The molecule has 0 unspecified atom stereocenters. The second kappa shape index (κ2) is 7.66. The van der Waals surface area contributed by atoms with Gasteiger partial charge < -0.3 is 5.32 Å². The van der Waals surface area contributed by atoms with Gasteiger partial charge in [0.05, 0.1) is 17.8 Å². The Balaban J connectivity index is 1.58. The van der Waals surface area contributed by atoms with E-state index < -0.39 is 11.7 Å². The van der Waals surface area contributed by atoms with Gasteiger partial charge in [0.2, 0.25) is 0 Å². The molecule has 2 aromatic heterocycles. The molecule has 2 N–H and O–H groups in total. The molecule has 9 heteroatoms. The van der Waals surface area contributed by atoms with E-state index in [0.717, 1.165) is 17.7 Å². The minimum Gasteiger partial charge on any atom is -0.378 e. The highest BCUT2D eigenvalue weighted by Crippen LogP contribution is 2.30. The number of aromatic nitrogens is 4. The standard InChI is InChI=1S/C21H18F3N5O/c1-13-17(10-14-6-3-2-4-7-14)19(30)29-20(26-13)27-18(28-29)12-25-16-9-5-8-15(11-16)21(22,23)24/h2-9,11,25H,10,12H2,1H3,(H,26,27,28). The van der Waals surface area contributed by atoms with E-state index >= 15 is 0 Å². The van der Waals surface area contributed by atoms with Gasteiger partial charge in [-0.15, -0.1) is 0 Å². The molecule has 2 aromatic carbocycles. The van der Waals surface area contributed by atoms with Crippen LogP contribution in [-0.2, 0) is 19.1 Å². The lowest BCUT2D eigenvalue weighted by Gasteiger charge is -2.09. The fraction of sp³-hybridized carbons (Fsp3) is 0.190. The minimum absolute atomic E-state index is 0.108. The number of hydrogen-bond donors (Lipinski definition) is 2. The molecule has 6 nitrogen and oxygen atoms in total. The summed E-state index contributed by atoms with van der Waals surface area (Å²) in [4.78, 5) is 21.6. The molecule has 2 heterocycles. The first kappa shape index (κ1) is 19.7. The van der Waals surface area contributed by atoms with Crippen LogP contribution in [-0.4, -0.2) is 19.6 Å². The highest BCUT2D eigenvalue weighted by Gasteiger charge is 2.30. The molecule has 0 fully saturated rings. The van der Waals surface area contributed by atoms with Crippen molar-refractivity contribution in [1.29, 1.82) is 0 Å². The van der Waals surface area contributed by atoms with Gasteiger partial charge in [-0.2, -0.15) is 22.7 Å². The summed E-state index contributed by atoms with van der Waals surface area (Å²) in [6.45, 7) is 1.87. The summed E-state index contributed by atoms with van der Waals surface area (Å²) in [5, 5.41) is 5.76. The Morgan fingerprint density at radius 3 is 2.57 bits per heavy atom. The van der Waals surface area contributed by atoms with Gasteiger partial charge in [0.25, 0.3) is 11.3 Å². The summed E-state index contributed by atoms with van der Waals surface area (Å²) in [5.41, 5.74) is 1.44. The number of H-pyrrole nitrogens is 1. The van der Waals surface area contributed by atoms with E-state index in [1.165, 1.54) is 16.6 Å². The van der Waals surface area contributed by atoms with Crippen molar-refractivity contribution in [2.45, 2.75) is 26.1 Å². The average molecular weight is 413 g/mol. The Labute approximate surface area is 169 Å². The van der Waals surface area contributed by atoms with Gasteiger partial charge in [0.15, 0.2) is 0 Å². The third kappa shape index (κ3) is 4.05. The maximum atomic E-state index is 12.9. The first-order valence-electron chi connectivity index (χ1n) is 9.23. The van der Waals surface area contributed by atoms with Gasteiger partial charge in [-0.3, -0.25) is 9.89 Å². The van der Waals surface area contributed by atoms with Crippen LogP contribution in [0.1, 0.15) is 28.2 Å². The normalized spacial score (nSPS) is 11.7.